The maximum atomic E-state index is 12.8. The van der Waals surface area contributed by atoms with Crippen molar-refractivity contribution in [1.29, 1.82) is 0 Å². The Morgan fingerprint density at radius 1 is 1.20 bits per heavy atom. The molecule has 1 aliphatic rings. The quantitative estimate of drug-likeness (QED) is 0.793. The average Bonchev–Trinajstić information content (AvgIpc) is 2.73. The number of methoxy groups -OCH3 is 1. The van der Waals surface area contributed by atoms with Crippen molar-refractivity contribution in [3.8, 4) is 5.75 Å². The van der Waals surface area contributed by atoms with Crippen LogP contribution in [0.1, 0.15) is 59.9 Å². The summed E-state index contributed by atoms with van der Waals surface area (Å²) < 4.78 is 5.24. The Labute approximate surface area is 178 Å². The van der Waals surface area contributed by atoms with Gasteiger partial charge in [0.15, 0.2) is 0 Å². The molecule has 0 spiro atoms. The molecule has 6 heteroatoms. The van der Waals surface area contributed by atoms with Crippen molar-refractivity contribution in [2.75, 3.05) is 20.2 Å². The second-order valence-electron chi connectivity index (χ2n) is 8.20. The molecule has 1 aliphatic heterocycles. The van der Waals surface area contributed by atoms with E-state index in [1.54, 1.807) is 7.11 Å². The van der Waals surface area contributed by atoms with Gasteiger partial charge in [-0.15, -0.1) is 0 Å². The lowest BCUT2D eigenvalue weighted by molar-refractivity contribution is -0.131. The van der Waals surface area contributed by atoms with Crippen LogP contribution in [0.5, 0.6) is 5.75 Å². The number of benzene rings is 1. The highest BCUT2D eigenvalue weighted by molar-refractivity contribution is 5.95. The third-order valence-electron chi connectivity index (χ3n) is 5.45. The van der Waals surface area contributed by atoms with E-state index in [0.717, 1.165) is 35.5 Å². The lowest BCUT2D eigenvalue weighted by atomic mass is 9.89. The van der Waals surface area contributed by atoms with Crippen LogP contribution in [0.3, 0.4) is 0 Å². The molecule has 3 rings (SSSR count). The molecular weight excluding hydrogens is 378 g/mol. The smallest absolute Gasteiger partial charge is 0.253 e. The summed E-state index contributed by atoms with van der Waals surface area (Å²) in [5.74, 6) is 0.983. The minimum absolute atomic E-state index is 0.0720. The molecule has 1 aromatic heterocycles. The van der Waals surface area contributed by atoms with Crippen LogP contribution < -0.4 is 10.1 Å². The van der Waals surface area contributed by atoms with E-state index in [1.165, 1.54) is 0 Å². The number of piperidine rings is 1. The van der Waals surface area contributed by atoms with Crippen LogP contribution in [0.25, 0.3) is 0 Å². The number of rotatable bonds is 6. The van der Waals surface area contributed by atoms with Crippen molar-refractivity contribution in [1.82, 2.24) is 15.2 Å². The first-order valence-electron chi connectivity index (χ1n) is 10.6. The maximum absolute atomic E-state index is 12.8. The van der Waals surface area contributed by atoms with Crippen molar-refractivity contribution < 1.29 is 14.3 Å². The molecule has 6 nitrogen and oxygen atoms in total. The van der Waals surface area contributed by atoms with Gasteiger partial charge in [0.25, 0.3) is 5.91 Å². The van der Waals surface area contributed by atoms with Crippen LogP contribution in [-0.4, -0.2) is 47.9 Å². The van der Waals surface area contributed by atoms with E-state index in [-0.39, 0.29) is 23.8 Å². The van der Waals surface area contributed by atoms with Gasteiger partial charge in [0.1, 0.15) is 5.75 Å². The zero-order chi connectivity index (χ0) is 21.7. The minimum Gasteiger partial charge on any atom is -0.497 e. The van der Waals surface area contributed by atoms with E-state index in [1.807, 2.05) is 62.1 Å². The molecule has 0 radical (unpaired) electrons. The first-order chi connectivity index (χ1) is 14.4. The molecule has 1 aromatic carbocycles. The predicted molar refractivity (Wildman–Crippen MR) is 117 cm³/mol. The van der Waals surface area contributed by atoms with Gasteiger partial charge in [-0.25, -0.2) is 0 Å². The lowest BCUT2D eigenvalue weighted by Crippen LogP contribution is -2.39. The van der Waals surface area contributed by atoms with Crippen LogP contribution >= 0.6 is 0 Å². The highest BCUT2D eigenvalue weighted by atomic mass is 16.5. The summed E-state index contributed by atoms with van der Waals surface area (Å²) in [6, 6.07) is 11.5. The van der Waals surface area contributed by atoms with Crippen molar-refractivity contribution in [2.45, 2.75) is 52.0 Å². The number of amides is 2. The van der Waals surface area contributed by atoms with E-state index in [0.29, 0.717) is 25.1 Å². The standard InChI is InChI=1S/C24H31N3O3/c1-16(2)25-24(29)21-9-8-17(3)26-23(21)19-10-12-27(13-11-19)22(28)15-18-6-5-7-20(14-18)30-4/h5-9,14,16,19H,10-13,15H2,1-4H3,(H,25,29). The van der Waals surface area contributed by atoms with Crippen molar-refractivity contribution >= 4 is 11.8 Å². The average molecular weight is 410 g/mol. The van der Waals surface area contributed by atoms with Gasteiger partial charge in [-0.05, 0) is 63.4 Å². The van der Waals surface area contributed by atoms with Gasteiger partial charge in [-0.3, -0.25) is 14.6 Å². The van der Waals surface area contributed by atoms with E-state index in [4.69, 9.17) is 9.72 Å². The SMILES string of the molecule is COc1cccc(CC(=O)N2CCC(c3nc(C)ccc3C(=O)NC(C)C)CC2)c1. The van der Waals surface area contributed by atoms with Crippen LogP contribution in [0.15, 0.2) is 36.4 Å². The van der Waals surface area contributed by atoms with E-state index in [9.17, 15) is 9.59 Å². The third-order valence-corrected chi connectivity index (χ3v) is 5.45. The zero-order valence-electron chi connectivity index (χ0n) is 18.3. The molecule has 0 atom stereocenters. The fourth-order valence-corrected chi connectivity index (χ4v) is 3.89. The number of aromatic nitrogens is 1. The number of carbonyl (C=O) groups excluding carboxylic acids is 2. The topological polar surface area (TPSA) is 71.5 Å². The van der Waals surface area contributed by atoms with Crippen LogP contribution in [0, 0.1) is 6.92 Å². The molecular formula is C24H31N3O3. The van der Waals surface area contributed by atoms with E-state index < -0.39 is 0 Å². The number of hydrogen-bond donors (Lipinski definition) is 1. The summed E-state index contributed by atoms with van der Waals surface area (Å²) in [5.41, 5.74) is 3.36. The normalized spacial score (nSPS) is 14.6. The molecule has 1 N–H and O–H groups in total. The van der Waals surface area contributed by atoms with Crippen LogP contribution in [0.2, 0.25) is 0 Å². The summed E-state index contributed by atoms with van der Waals surface area (Å²) in [7, 11) is 1.63. The van der Waals surface area contributed by atoms with E-state index in [2.05, 4.69) is 5.32 Å². The molecule has 0 saturated carbocycles. The van der Waals surface area contributed by atoms with Gasteiger partial charge in [-0.2, -0.15) is 0 Å². The summed E-state index contributed by atoms with van der Waals surface area (Å²) in [6.07, 6.45) is 1.98. The molecule has 2 aromatic rings. The summed E-state index contributed by atoms with van der Waals surface area (Å²) in [4.78, 5) is 32.0. The fourth-order valence-electron chi connectivity index (χ4n) is 3.89. The Balaban J connectivity index is 1.66. The third kappa shape index (κ3) is 5.38. The molecule has 30 heavy (non-hydrogen) atoms. The number of aryl methyl sites for hydroxylation is 1. The number of pyridine rings is 1. The molecule has 2 amide bonds. The molecule has 0 unspecified atom stereocenters. The van der Waals surface area contributed by atoms with E-state index >= 15 is 0 Å². The number of nitrogens with zero attached hydrogens (tertiary/aromatic N) is 2. The predicted octanol–water partition coefficient (Wildman–Crippen LogP) is 3.49. The second-order valence-corrected chi connectivity index (χ2v) is 8.20. The number of likely N-dealkylation sites (tertiary alicyclic amines) is 1. The maximum Gasteiger partial charge on any atom is 0.253 e. The summed E-state index contributed by atoms with van der Waals surface area (Å²) in [6.45, 7) is 7.19. The highest BCUT2D eigenvalue weighted by Crippen LogP contribution is 2.30. The van der Waals surface area contributed by atoms with Crippen molar-refractivity contribution in [3.05, 3.63) is 58.9 Å². The Morgan fingerprint density at radius 3 is 2.60 bits per heavy atom. The number of carbonyl (C=O) groups is 2. The van der Waals surface area contributed by atoms with Crippen molar-refractivity contribution in [2.24, 2.45) is 0 Å². The van der Waals surface area contributed by atoms with Gasteiger partial charge in [0, 0.05) is 30.7 Å². The van der Waals surface area contributed by atoms with Gasteiger partial charge in [0.05, 0.1) is 24.8 Å². The number of ether oxygens (including phenoxy) is 1. The Hall–Kier alpha value is -2.89. The first-order valence-corrected chi connectivity index (χ1v) is 10.6. The number of hydrogen-bond acceptors (Lipinski definition) is 4. The van der Waals surface area contributed by atoms with Crippen LogP contribution in [-0.2, 0) is 11.2 Å². The van der Waals surface area contributed by atoms with Gasteiger partial charge in [0.2, 0.25) is 5.91 Å². The lowest BCUT2D eigenvalue weighted by Gasteiger charge is -2.32. The van der Waals surface area contributed by atoms with Gasteiger partial charge in [-0.1, -0.05) is 12.1 Å². The Bertz CT molecular complexity index is 902. The monoisotopic (exact) mass is 409 g/mol. The molecule has 1 saturated heterocycles. The van der Waals surface area contributed by atoms with Crippen LogP contribution in [0.4, 0.5) is 0 Å². The molecule has 0 aliphatic carbocycles. The molecule has 1 fully saturated rings. The molecule has 0 bridgehead atoms. The molecule has 160 valence electrons. The minimum atomic E-state index is -0.0796. The first kappa shape index (κ1) is 21.8. The summed E-state index contributed by atoms with van der Waals surface area (Å²) in [5, 5.41) is 2.97. The Morgan fingerprint density at radius 2 is 1.93 bits per heavy atom. The van der Waals surface area contributed by atoms with Gasteiger partial charge >= 0.3 is 0 Å². The fraction of sp³-hybridized carbons (Fsp3) is 0.458. The Kier molecular flexibility index (Phi) is 7.08. The molecule has 2 heterocycles. The summed E-state index contributed by atoms with van der Waals surface area (Å²) >= 11 is 0. The highest BCUT2D eigenvalue weighted by Gasteiger charge is 2.28. The van der Waals surface area contributed by atoms with Gasteiger partial charge < -0.3 is 15.0 Å². The zero-order valence-corrected chi connectivity index (χ0v) is 18.3. The van der Waals surface area contributed by atoms with Crippen molar-refractivity contribution in [3.63, 3.8) is 0 Å². The largest absolute Gasteiger partial charge is 0.497 e. The second kappa shape index (κ2) is 9.74. The number of nitrogens with one attached hydrogen (secondary N) is 1.